The maximum Gasteiger partial charge on any atom is 0.443 e. The number of thiazole rings is 1. The molecule has 1 fully saturated rings. The van der Waals surface area contributed by atoms with Crippen LogP contribution in [0.5, 0.6) is 0 Å². The van der Waals surface area contributed by atoms with Crippen LogP contribution in [0.15, 0.2) is 42.5 Å². The van der Waals surface area contributed by atoms with E-state index in [1.165, 1.54) is 6.92 Å². The quantitative estimate of drug-likeness (QED) is 0.310. The molecule has 2 heterocycles. The summed E-state index contributed by atoms with van der Waals surface area (Å²) in [6.07, 6.45) is -9.46. The van der Waals surface area contributed by atoms with Gasteiger partial charge in [0.05, 0.1) is 17.8 Å². The fraction of sp³-hybridized carbons (Fsp3) is 0.217. The number of urea groups is 1. The number of hydrogen-bond acceptors (Lipinski definition) is 5. The van der Waals surface area contributed by atoms with E-state index in [4.69, 9.17) is 0 Å². The second kappa shape index (κ2) is 9.38. The van der Waals surface area contributed by atoms with Gasteiger partial charge < -0.3 is 10.6 Å². The van der Waals surface area contributed by atoms with E-state index in [2.05, 4.69) is 15.6 Å². The number of aryl methyl sites for hydroxylation is 1. The van der Waals surface area contributed by atoms with Crippen LogP contribution < -0.4 is 16.0 Å². The molecule has 7 nitrogen and oxygen atoms in total. The summed E-state index contributed by atoms with van der Waals surface area (Å²) in [7, 11) is 0. The molecule has 38 heavy (non-hydrogen) atoms. The van der Waals surface area contributed by atoms with Crippen LogP contribution in [-0.2, 0) is 22.7 Å². The fourth-order valence-corrected chi connectivity index (χ4v) is 4.74. The normalized spacial score (nSPS) is 17.8. The number of carbonyl (C=O) groups excluding carboxylic acids is 3. The highest BCUT2D eigenvalue weighted by Crippen LogP contribution is 2.38. The molecule has 0 unspecified atom stereocenters. The lowest BCUT2D eigenvalue weighted by Crippen LogP contribution is -2.53. The van der Waals surface area contributed by atoms with Crippen molar-refractivity contribution in [3.05, 3.63) is 75.0 Å². The summed E-state index contributed by atoms with van der Waals surface area (Å²) in [5, 5.41) is 5.19. The van der Waals surface area contributed by atoms with E-state index in [0.717, 1.165) is 42.5 Å². The van der Waals surface area contributed by atoms with Gasteiger partial charge in [0.1, 0.15) is 5.82 Å². The lowest BCUT2D eigenvalue weighted by atomic mass is 9.93. The van der Waals surface area contributed by atoms with Crippen molar-refractivity contribution in [1.82, 2.24) is 20.9 Å². The summed E-state index contributed by atoms with van der Waals surface area (Å²) in [5.41, 5.74) is -3.82. The second-order valence-electron chi connectivity index (χ2n) is 8.18. The molecule has 0 aliphatic carbocycles. The molecule has 3 N–H and O–H groups in total. The Kier molecular flexibility index (Phi) is 6.67. The number of benzene rings is 2. The highest BCUT2D eigenvalue weighted by molar-refractivity contribution is 7.11. The molecule has 0 spiro atoms. The van der Waals surface area contributed by atoms with Crippen LogP contribution in [0.3, 0.4) is 0 Å². The Morgan fingerprint density at radius 3 is 2.21 bits per heavy atom. The Balaban J connectivity index is 1.67. The van der Waals surface area contributed by atoms with Gasteiger partial charge in [-0.15, -0.1) is 11.3 Å². The molecule has 1 aromatic heterocycles. The molecule has 3 aromatic rings. The molecule has 1 saturated heterocycles. The van der Waals surface area contributed by atoms with Crippen molar-refractivity contribution < 1.29 is 45.1 Å². The van der Waals surface area contributed by atoms with Crippen LogP contribution in [0.4, 0.5) is 35.5 Å². The Morgan fingerprint density at radius 1 is 1.03 bits per heavy atom. The van der Waals surface area contributed by atoms with E-state index in [1.54, 1.807) is 0 Å². The number of imide groups is 1. The summed E-state index contributed by atoms with van der Waals surface area (Å²) in [6, 6.07) is 5.43. The summed E-state index contributed by atoms with van der Waals surface area (Å²) in [5.74, 6) is -2.81. The summed E-state index contributed by atoms with van der Waals surface area (Å²) < 4.78 is 92.4. The minimum atomic E-state index is -4.83. The molecule has 15 heteroatoms. The minimum absolute atomic E-state index is 0.0452. The first kappa shape index (κ1) is 27.0. The molecule has 4 rings (SSSR count). The molecule has 4 amide bonds. The third-order valence-corrected chi connectivity index (χ3v) is 6.66. The van der Waals surface area contributed by atoms with Crippen molar-refractivity contribution in [2.24, 2.45) is 0 Å². The summed E-state index contributed by atoms with van der Waals surface area (Å²) in [6.45, 7) is 0.515. The number of alkyl halides is 6. The van der Waals surface area contributed by atoms with Crippen LogP contribution in [0, 0.1) is 12.7 Å². The maximum atomic E-state index is 14.0. The van der Waals surface area contributed by atoms with Gasteiger partial charge in [0, 0.05) is 10.4 Å². The predicted molar refractivity (Wildman–Crippen MR) is 119 cm³/mol. The molecule has 1 aliphatic heterocycles. The van der Waals surface area contributed by atoms with Crippen molar-refractivity contribution in [3.8, 4) is 11.1 Å². The van der Waals surface area contributed by atoms with Gasteiger partial charge in [-0.05, 0) is 48.4 Å². The number of nitrogens with zero attached hydrogens (tertiary/aromatic N) is 1. The Labute approximate surface area is 213 Å². The van der Waals surface area contributed by atoms with E-state index in [0.29, 0.717) is 0 Å². The Hall–Kier alpha value is -4.01. The van der Waals surface area contributed by atoms with Gasteiger partial charge in [0.15, 0.2) is 10.5 Å². The van der Waals surface area contributed by atoms with E-state index in [1.807, 2.05) is 5.32 Å². The molecular weight excluding hydrogens is 545 g/mol. The molecular formula is C23H15F7N4O3S. The van der Waals surface area contributed by atoms with Crippen LogP contribution >= 0.6 is 11.3 Å². The SMILES string of the molecule is Cc1sc(C(F)(F)F)nc1[C@@]1(CNC(=O)c2ccc(F)cc2-c2ccc(C(F)(F)F)cc2)NC(=O)NC1=O. The zero-order valence-electron chi connectivity index (χ0n) is 19.0. The number of halogens is 7. The smallest absolute Gasteiger partial charge is 0.349 e. The first-order valence-corrected chi connectivity index (χ1v) is 11.4. The lowest BCUT2D eigenvalue weighted by molar-refractivity contribution is -0.138. The minimum Gasteiger partial charge on any atom is -0.349 e. The first-order valence-electron chi connectivity index (χ1n) is 10.6. The van der Waals surface area contributed by atoms with E-state index in [-0.39, 0.29) is 32.9 Å². The van der Waals surface area contributed by atoms with Gasteiger partial charge in [-0.3, -0.25) is 14.9 Å². The second-order valence-corrected chi connectivity index (χ2v) is 9.39. The molecule has 0 radical (unpaired) electrons. The monoisotopic (exact) mass is 560 g/mol. The topological polar surface area (TPSA) is 100 Å². The third-order valence-electron chi connectivity index (χ3n) is 5.65. The summed E-state index contributed by atoms with van der Waals surface area (Å²) >= 11 is 0.243. The largest absolute Gasteiger partial charge is 0.443 e. The molecule has 0 bridgehead atoms. The van der Waals surface area contributed by atoms with Crippen LogP contribution in [0.2, 0.25) is 0 Å². The highest BCUT2D eigenvalue weighted by atomic mass is 32.1. The van der Waals surface area contributed by atoms with Gasteiger partial charge in [0.2, 0.25) is 0 Å². The van der Waals surface area contributed by atoms with Crippen molar-refractivity contribution >= 4 is 29.2 Å². The highest BCUT2D eigenvalue weighted by Gasteiger charge is 2.52. The van der Waals surface area contributed by atoms with Crippen molar-refractivity contribution in [1.29, 1.82) is 0 Å². The average molecular weight is 560 g/mol. The molecule has 2 aromatic carbocycles. The van der Waals surface area contributed by atoms with Gasteiger partial charge >= 0.3 is 18.4 Å². The molecule has 200 valence electrons. The van der Waals surface area contributed by atoms with E-state index in [9.17, 15) is 45.1 Å². The molecule has 1 atom stereocenters. The third kappa shape index (κ3) is 5.05. The standard InChI is InChI=1S/C23H15F7N4O3S/c1-10-16(32-19(38-10)23(28,29)30)21(18(36)33-20(37)34-21)9-31-17(35)14-7-6-13(24)8-15(14)11-2-4-12(5-3-11)22(25,26)27/h2-8H,9H2,1H3,(H,31,35)(H2,33,34,36,37)/t21-/m1/s1. The average Bonchev–Trinajstić information content (AvgIpc) is 3.36. The van der Waals surface area contributed by atoms with Gasteiger partial charge in [0.25, 0.3) is 11.8 Å². The van der Waals surface area contributed by atoms with Gasteiger partial charge in [-0.1, -0.05) is 12.1 Å². The number of amides is 4. The molecule has 1 aliphatic rings. The molecule has 0 saturated carbocycles. The van der Waals surface area contributed by atoms with Crippen LogP contribution in [-0.4, -0.2) is 29.4 Å². The fourth-order valence-electron chi connectivity index (χ4n) is 3.88. The lowest BCUT2D eigenvalue weighted by Gasteiger charge is -2.25. The van der Waals surface area contributed by atoms with Gasteiger partial charge in [-0.25, -0.2) is 14.2 Å². The van der Waals surface area contributed by atoms with Crippen molar-refractivity contribution in [2.45, 2.75) is 24.8 Å². The first-order chi connectivity index (χ1) is 17.6. The number of aromatic nitrogens is 1. The number of carbonyl (C=O) groups is 3. The Bertz CT molecular complexity index is 1430. The summed E-state index contributed by atoms with van der Waals surface area (Å²) in [4.78, 5) is 41.2. The zero-order chi connectivity index (χ0) is 28.0. The number of rotatable bonds is 5. The van der Waals surface area contributed by atoms with E-state index >= 15 is 0 Å². The van der Waals surface area contributed by atoms with Crippen LogP contribution in [0.1, 0.15) is 31.5 Å². The Morgan fingerprint density at radius 2 is 1.68 bits per heavy atom. The van der Waals surface area contributed by atoms with Crippen LogP contribution in [0.25, 0.3) is 11.1 Å². The number of hydrogen-bond donors (Lipinski definition) is 3. The maximum absolute atomic E-state index is 14.0. The predicted octanol–water partition coefficient (Wildman–Crippen LogP) is 4.76. The van der Waals surface area contributed by atoms with Crippen molar-refractivity contribution in [2.75, 3.05) is 6.54 Å². The zero-order valence-corrected chi connectivity index (χ0v) is 19.8. The van der Waals surface area contributed by atoms with E-state index < -0.39 is 64.4 Å². The van der Waals surface area contributed by atoms with Crippen molar-refractivity contribution in [3.63, 3.8) is 0 Å². The van der Waals surface area contributed by atoms with Gasteiger partial charge in [-0.2, -0.15) is 26.3 Å². The number of nitrogens with one attached hydrogen (secondary N) is 3.